The second-order valence-corrected chi connectivity index (χ2v) is 9.67. The predicted molar refractivity (Wildman–Crippen MR) is 113 cm³/mol. The van der Waals surface area contributed by atoms with Crippen LogP contribution in [-0.4, -0.2) is 11.2 Å². The molecule has 0 amide bonds. The second-order valence-electron chi connectivity index (χ2n) is 9.67. The molecular formula is C27H31O4Re. The number of fused-ring (bicyclic) bond motifs is 5. The third-order valence-electron chi connectivity index (χ3n) is 8.75. The van der Waals surface area contributed by atoms with E-state index in [4.69, 9.17) is 14.0 Å². The van der Waals surface area contributed by atoms with Crippen molar-refractivity contribution in [3.05, 3.63) is 74.9 Å². The number of aliphatic hydroxyl groups is 1. The molecule has 6 radical (unpaired) electrons. The third-order valence-corrected chi connectivity index (χ3v) is 8.75. The van der Waals surface area contributed by atoms with Gasteiger partial charge in [0.25, 0.3) is 0 Å². The summed E-state index contributed by atoms with van der Waals surface area (Å²) >= 11 is 0. The molecule has 0 aromatic carbocycles. The van der Waals surface area contributed by atoms with E-state index >= 15 is 0 Å². The monoisotopic (exact) mass is 606 g/mol. The first-order valence-electron chi connectivity index (χ1n) is 10.9. The van der Waals surface area contributed by atoms with E-state index in [2.05, 4.69) is 71.6 Å². The maximum Gasteiger partial charge on any atom is 0 e. The van der Waals surface area contributed by atoms with Crippen molar-refractivity contribution in [3.8, 4) is 0 Å². The van der Waals surface area contributed by atoms with Gasteiger partial charge in [0, 0.05) is 26.3 Å². The molecule has 6 atom stereocenters. The van der Waals surface area contributed by atoms with Crippen LogP contribution in [0.5, 0.6) is 0 Å². The summed E-state index contributed by atoms with van der Waals surface area (Å²) in [6.45, 7) is 18.4. The number of hydrogen-bond acceptors (Lipinski definition) is 1. The van der Waals surface area contributed by atoms with Gasteiger partial charge < -0.3 is 5.11 Å². The summed E-state index contributed by atoms with van der Waals surface area (Å²) in [5.41, 5.74) is 3.68. The summed E-state index contributed by atoms with van der Waals surface area (Å²) in [7, 11) is 0. The average Bonchev–Trinajstić information content (AvgIpc) is 3.46. The fourth-order valence-corrected chi connectivity index (χ4v) is 7.11. The van der Waals surface area contributed by atoms with Gasteiger partial charge in [0.1, 0.15) is 0 Å². The van der Waals surface area contributed by atoms with Gasteiger partial charge in [-0.3, -0.25) is 0 Å². The first kappa shape index (κ1) is 29.4. The van der Waals surface area contributed by atoms with Crippen molar-refractivity contribution in [1.82, 2.24) is 0 Å². The molecule has 0 aliphatic heterocycles. The molecule has 0 unspecified atom stereocenters. The molecule has 0 heterocycles. The molecular weight excluding hydrogens is 575 g/mol. The minimum Gasteiger partial charge on any atom is 0 e. The molecule has 3 fully saturated rings. The minimum atomic E-state index is -0.0631. The van der Waals surface area contributed by atoms with Crippen LogP contribution >= 0.6 is 0 Å². The molecule has 5 rings (SSSR count). The van der Waals surface area contributed by atoms with Gasteiger partial charge in [0.2, 0.25) is 0 Å². The Kier molecular flexibility index (Phi) is 11.6. The minimum absolute atomic E-state index is 0. The molecule has 0 bridgehead atoms. The van der Waals surface area contributed by atoms with E-state index in [-0.39, 0.29) is 31.9 Å². The predicted octanol–water partition coefficient (Wildman–Crippen LogP) is 5.14. The van der Waals surface area contributed by atoms with Crippen molar-refractivity contribution in [2.75, 3.05) is 0 Å². The average molecular weight is 606 g/mol. The Labute approximate surface area is 207 Å². The normalized spacial score (nSPS) is 39.2. The number of rotatable bonds is 1. The van der Waals surface area contributed by atoms with Crippen molar-refractivity contribution in [3.63, 3.8) is 0 Å². The van der Waals surface area contributed by atoms with E-state index in [0.29, 0.717) is 5.41 Å². The van der Waals surface area contributed by atoms with E-state index < -0.39 is 0 Å². The Morgan fingerprint density at radius 1 is 0.906 bits per heavy atom. The summed E-state index contributed by atoms with van der Waals surface area (Å²) < 4.78 is 22.5. The van der Waals surface area contributed by atoms with Crippen molar-refractivity contribution < 1.29 is 39.5 Å². The standard InChI is InChI=1S/C24H31O.3CO.Re/c1-23-13-11-17(16-5-3-4-6-16)15-18(23)7-8-19-20-9-10-22(25)24(20,2)14-12-21(19)23;3*1-2;/h3-7,15,19-22,25H,8-14H2,1-2H3;;;;/t19-,20-,21-,22-,23-,24-;;;;/m0..../s1. The molecule has 1 N–H and O–H groups in total. The summed E-state index contributed by atoms with van der Waals surface area (Å²) in [4.78, 5) is 0. The zero-order chi connectivity index (χ0) is 23.2. The summed E-state index contributed by atoms with van der Waals surface area (Å²) in [6, 6.07) is 0. The van der Waals surface area contributed by atoms with Gasteiger partial charge in [-0.15, -0.1) is 0 Å². The van der Waals surface area contributed by atoms with Crippen LogP contribution in [0.1, 0.15) is 58.8 Å². The molecule has 0 aromatic rings. The van der Waals surface area contributed by atoms with Crippen LogP contribution in [0.4, 0.5) is 0 Å². The Morgan fingerprint density at radius 2 is 1.53 bits per heavy atom. The van der Waals surface area contributed by atoms with E-state index in [9.17, 15) is 5.11 Å². The molecule has 0 saturated heterocycles. The Morgan fingerprint density at radius 3 is 2.16 bits per heavy atom. The molecule has 5 aliphatic carbocycles. The van der Waals surface area contributed by atoms with Crippen LogP contribution in [0.3, 0.4) is 0 Å². The van der Waals surface area contributed by atoms with E-state index in [1.807, 2.05) is 0 Å². The first-order chi connectivity index (χ1) is 15.0. The quantitative estimate of drug-likeness (QED) is 0.326. The molecule has 170 valence electrons. The van der Waals surface area contributed by atoms with Gasteiger partial charge in [-0.2, -0.15) is 0 Å². The van der Waals surface area contributed by atoms with Crippen molar-refractivity contribution in [1.29, 1.82) is 0 Å². The van der Waals surface area contributed by atoms with E-state index in [0.717, 1.165) is 24.2 Å². The van der Waals surface area contributed by atoms with Crippen LogP contribution in [0.15, 0.2) is 23.3 Å². The van der Waals surface area contributed by atoms with Gasteiger partial charge in [0.15, 0.2) is 0 Å². The molecule has 3 saturated carbocycles. The summed E-state index contributed by atoms with van der Waals surface area (Å²) in [5, 5.41) is 10.6. The molecule has 32 heavy (non-hydrogen) atoms. The second kappa shape index (κ2) is 12.7. The molecule has 0 aromatic heterocycles. The Bertz CT molecular complexity index is 730. The van der Waals surface area contributed by atoms with Crippen molar-refractivity contribution in [2.24, 2.45) is 28.6 Å². The van der Waals surface area contributed by atoms with Gasteiger partial charge in [-0.05, 0) is 105 Å². The number of hydrogen-bond donors (Lipinski definition) is 1. The van der Waals surface area contributed by atoms with Crippen molar-refractivity contribution in [2.45, 2.75) is 64.9 Å². The van der Waals surface area contributed by atoms with Crippen molar-refractivity contribution >= 4 is 0 Å². The topological polar surface area (TPSA) is 79.9 Å². The SMILES string of the molecule is C[C@]12CC[C@H]3[C@@H](CC=C4C=C([C]5[CH][CH][CH][CH]5)CC[C@@]43C)[C@@H]1CC[C@@H]2O.[C-]#[O+].[C-]#[O+].[C-]#[O+].[Re]. The summed E-state index contributed by atoms with van der Waals surface area (Å²) in [6.07, 6.45) is 22.4. The van der Waals surface area contributed by atoms with Gasteiger partial charge in [-0.1, -0.05) is 31.6 Å². The van der Waals surface area contributed by atoms with Crippen LogP contribution in [0.25, 0.3) is 0 Å². The van der Waals surface area contributed by atoms with Gasteiger partial charge >= 0.3 is 33.9 Å². The first-order valence-corrected chi connectivity index (χ1v) is 10.9. The maximum atomic E-state index is 10.6. The fraction of sp³-hybridized carbons (Fsp3) is 0.556. The largest absolute Gasteiger partial charge is 0 e. The van der Waals surface area contributed by atoms with Crippen LogP contribution < -0.4 is 0 Å². The Hall–Kier alpha value is -0.678. The third kappa shape index (κ3) is 5.04. The molecule has 4 nitrogen and oxygen atoms in total. The van der Waals surface area contributed by atoms with Gasteiger partial charge in [0.05, 0.1) is 6.10 Å². The number of aliphatic hydroxyl groups excluding tert-OH is 1. The smallest absolute Gasteiger partial charge is 0 e. The molecule has 0 spiro atoms. The summed E-state index contributed by atoms with van der Waals surface area (Å²) in [5.74, 6) is 3.75. The Balaban J connectivity index is 0.000000679. The van der Waals surface area contributed by atoms with E-state index in [1.54, 1.807) is 5.57 Å². The maximum absolute atomic E-state index is 10.6. The fourth-order valence-electron chi connectivity index (χ4n) is 7.11. The zero-order valence-electron chi connectivity index (χ0n) is 18.8. The molecule has 5 heteroatoms. The van der Waals surface area contributed by atoms with Crippen LogP contribution in [-0.2, 0) is 34.4 Å². The number of allylic oxidation sites excluding steroid dienone is 4. The van der Waals surface area contributed by atoms with Crippen LogP contribution in [0.2, 0.25) is 0 Å². The van der Waals surface area contributed by atoms with E-state index in [1.165, 1.54) is 50.0 Å². The zero-order valence-corrected chi connectivity index (χ0v) is 21.5. The van der Waals surface area contributed by atoms with Gasteiger partial charge in [-0.25, -0.2) is 0 Å². The van der Waals surface area contributed by atoms with Crippen LogP contribution in [0, 0.1) is 80.1 Å². The molecule has 5 aliphatic rings.